The van der Waals surface area contributed by atoms with E-state index in [4.69, 9.17) is 14.7 Å². The lowest BCUT2D eigenvalue weighted by Gasteiger charge is -2.16. The van der Waals surface area contributed by atoms with Gasteiger partial charge in [-0.05, 0) is 24.6 Å². The zero-order valence-electron chi connectivity index (χ0n) is 15.3. The summed E-state index contributed by atoms with van der Waals surface area (Å²) in [4.78, 5) is 12.0. The number of imidazole rings is 1. The summed E-state index contributed by atoms with van der Waals surface area (Å²) in [6, 6.07) is 6.24. The molecular formula is C17H19N5O6S. The summed E-state index contributed by atoms with van der Waals surface area (Å²) in [6.07, 6.45) is -2.31. The summed E-state index contributed by atoms with van der Waals surface area (Å²) in [5, 5.41) is 20.7. The topological polar surface area (TPSA) is 163 Å². The molecule has 29 heavy (non-hydrogen) atoms. The van der Waals surface area contributed by atoms with Gasteiger partial charge in [-0.3, -0.25) is 8.75 Å². The lowest BCUT2D eigenvalue weighted by atomic mass is 10.1. The van der Waals surface area contributed by atoms with Crippen molar-refractivity contribution in [1.29, 1.82) is 0 Å². The molecule has 0 bridgehead atoms. The Balaban J connectivity index is 1.52. The maximum atomic E-state index is 12.4. The van der Waals surface area contributed by atoms with Crippen molar-refractivity contribution in [2.45, 2.75) is 36.4 Å². The highest BCUT2D eigenvalue weighted by molar-refractivity contribution is 7.86. The number of aliphatic hydroxyl groups excluding tert-OH is 2. The highest BCUT2D eigenvalue weighted by Gasteiger charge is 2.45. The van der Waals surface area contributed by atoms with Gasteiger partial charge in [0.05, 0.1) is 17.8 Å². The van der Waals surface area contributed by atoms with Gasteiger partial charge in [0.2, 0.25) is 0 Å². The number of ether oxygens (including phenoxy) is 1. The van der Waals surface area contributed by atoms with Gasteiger partial charge in [0.1, 0.15) is 30.2 Å². The predicted molar refractivity (Wildman–Crippen MR) is 100.0 cm³/mol. The molecular weight excluding hydrogens is 402 g/mol. The summed E-state index contributed by atoms with van der Waals surface area (Å²) < 4.78 is 36.9. The van der Waals surface area contributed by atoms with Crippen LogP contribution in [0.2, 0.25) is 0 Å². The Morgan fingerprint density at radius 2 is 2.03 bits per heavy atom. The zero-order valence-corrected chi connectivity index (χ0v) is 16.1. The molecule has 0 amide bonds. The maximum Gasteiger partial charge on any atom is 0.297 e. The van der Waals surface area contributed by atoms with Crippen LogP contribution in [0.15, 0.2) is 41.8 Å². The van der Waals surface area contributed by atoms with E-state index < -0.39 is 41.3 Å². The second kappa shape index (κ2) is 7.31. The van der Waals surface area contributed by atoms with Crippen LogP contribution in [0.3, 0.4) is 0 Å². The molecule has 1 aromatic carbocycles. The van der Waals surface area contributed by atoms with E-state index in [2.05, 4.69) is 15.0 Å². The zero-order chi connectivity index (χ0) is 20.8. The molecule has 4 N–H and O–H groups in total. The standard InChI is InChI=1S/C17H19N5O6S/c1-9-3-2-4-10(5-9)29(25,26)27-6-11-13(23)14(24)17(28-11)22-8-21-12-15(18)19-7-20-16(12)22/h2-5,7-8,11,13-14,17,23-24H,6H2,1H3,(H2,18,19,20)/t11-,13-,14-,17-/m1/s1. The van der Waals surface area contributed by atoms with Crippen LogP contribution in [-0.4, -0.2) is 63.1 Å². The molecule has 0 aliphatic carbocycles. The van der Waals surface area contributed by atoms with E-state index in [-0.39, 0.29) is 10.7 Å². The van der Waals surface area contributed by atoms with E-state index in [9.17, 15) is 18.6 Å². The molecule has 1 aliphatic rings. The van der Waals surface area contributed by atoms with E-state index in [0.717, 1.165) is 5.56 Å². The number of aromatic nitrogens is 4. The number of hydrogen-bond acceptors (Lipinski definition) is 10. The molecule has 1 fully saturated rings. The van der Waals surface area contributed by atoms with Gasteiger partial charge in [-0.1, -0.05) is 12.1 Å². The summed E-state index contributed by atoms with van der Waals surface area (Å²) in [5.41, 5.74) is 7.14. The quantitative estimate of drug-likeness (QED) is 0.468. The van der Waals surface area contributed by atoms with Crippen LogP contribution >= 0.6 is 0 Å². The number of rotatable bonds is 5. The Hall–Kier alpha value is -2.64. The summed E-state index contributed by atoms with van der Waals surface area (Å²) in [5.74, 6) is 0.158. The summed E-state index contributed by atoms with van der Waals surface area (Å²) >= 11 is 0. The van der Waals surface area contributed by atoms with Gasteiger partial charge < -0.3 is 20.7 Å². The molecule has 3 heterocycles. The molecule has 0 spiro atoms. The molecule has 11 nitrogen and oxygen atoms in total. The van der Waals surface area contributed by atoms with Crippen molar-refractivity contribution in [2.24, 2.45) is 0 Å². The highest BCUT2D eigenvalue weighted by atomic mass is 32.2. The first-order chi connectivity index (χ1) is 13.8. The van der Waals surface area contributed by atoms with Gasteiger partial charge >= 0.3 is 0 Å². The van der Waals surface area contributed by atoms with Gasteiger partial charge in [0.15, 0.2) is 17.7 Å². The third kappa shape index (κ3) is 3.56. The van der Waals surface area contributed by atoms with Gasteiger partial charge in [-0.15, -0.1) is 0 Å². The van der Waals surface area contributed by atoms with Gasteiger partial charge in [0.25, 0.3) is 10.1 Å². The van der Waals surface area contributed by atoms with Crippen molar-refractivity contribution in [3.63, 3.8) is 0 Å². The first-order valence-corrected chi connectivity index (χ1v) is 10.1. The fraction of sp³-hybridized carbons (Fsp3) is 0.353. The number of aryl methyl sites for hydroxylation is 1. The van der Waals surface area contributed by atoms with Crippen LogP contribution in [0.1, 0.15) is 11.8 Å². The van der Waals surface area contributed by atoms with E-state index in [1.54, 1.807) is 19.1 Å². The maximum absolute atomic E-state index is 12.4. The van der Waals surface area contributed by atoms with Crippen molar-refractivity contribution in [3.05, 3.63) is 42.5 Å². The van der Waals surface area contributed by atoms with Gasteiger partial charge in [-0.25, -0.2) is 15.0 Å². The Kier molecular flexibility index (Phi) is 4.96. The summed E-state index contributed by atoms with van der Waals surface area (Å²) in [7, 11) is -4.05. The summed E-state index contributed by atoms with van der Waals surface area (Å²) in [6.45, 7) is 1.28. The average molecular weight is 421 g/mol. The third-order valence-corrected chi connectivity index (χ3v) is 5.94. The molecule has 154 valence electrons. The van der Waals surface area contributed by atoms with E-state index in [1.807, 2.05) is 0 Å². The Morgan fingerprint density at radius 1 is 1.24 bits per heavy atom. The minimum atomic E-state index is -4.05. The molecule has 0 radical (unpaired) electrons. The largest absolute Gasteiger partial charge is 0.387 e. The highest BCUT2D eigenvalue weighted by Crippen LogP contribution is 2.32. The molecule has 0 unspecified atom stereocenters. The Bertz CT molecular complexity index is 1150. The molecule has 3 aromatic rings. The van der Waals surface area contributed by atoms with Crippen molar-refractivity contribution in [2.75, 3.05) is 12.3 Å². The van der Waals surface area contributed by atoms with Crippen LogP contribution in [0, 0.1) is 6.92 Å². The van der Waals surface area contributed by atoms with Crippen molar-refractivity contribution < 1.29 is 27.6 Å². The van der Waals surface area contributed by atoms with Crippen molar-refractivity contribution >= 4 is 27.1 Å². The van der Waals surface area contributed by atoms with Crippen LogP contribution < -0.4 is 5.73 Å². The molecule has 0 saturated carbocycles. The molecule has 12 heteroatoms. The number of fused-ring (bicyclic) bond motifs is 1. The predicted octanol–water partition coefficient (Wildman–Crippen LogP) is -0.258. The molecule has 1 aliphatic heterocycles. The normalized spacial score (nSPS) is 24.9. The van der Waals surface area contributed by atoms with E-state index in [1.165, 1.54) is 29.4 Å². The van der Waals surface area contributed by atoms with Gasteiger partial charge in [-0.2, -0.15) is 8.42 Å². The van der Waals surface area contributed by atoms with Crippen LogP contribution in [0.5, 0.6) is 0 Å². The number of benzene rings is 1. The third-order valence-electron chi connectivity index (χ3n) is 4.66. The SMILES string of the molecule is Cc1cccc(S(=O)(=O)OC[C@H]2O[C@@H](n3cnc4c(N)ncnc43)[C@H](O)[C@@H]2O)c1. The monoisotopic (exact) mass is 421 g/mol. The lowest BCUT2D eigenvalue weighted by Crippen LogP contribution is -2.34. The minimum absolute atomic E-state index is 0.00476. The number of hydrogen-bond donors (Lipinski definition) is 3. The number of nitrogen functional groups attached to an aromatic ring is 1. The number of nitrogens with two attached hydrogens (primary N) is 1. The second-order valence-corrected chi connectivity index (χ2v) is 8.30. The lowest BCUT2D eigenvalue weighted by molar-refractivity contribution is -0.0467. The first-order valence-electron chi connectivity index (χ1n) is 8.68. The van der Waals surface area contributed by atoms with Crippen LogP contribution in [-0.2, 0) is 19.0 Å². The smallest absolute Gasteiger partial charge is 0.297 e. The average Bonchev–Trinajstić information content (AvgIpc) is 3.23. The van der Waals surface area contributed by atoms with Crippen LogP contribution in [0.25, 0.3) is 11.2 Å². The molecule has 4 rings (SSSR count). The minimum Gasteiger partial charge on any atom is -0.387 e. The van der Waals surface area contributed by atoms with Crippen LogP contribution in [0.4, 0.5) is 5.82 Å². The van der Waals surface area contributed by atoms with Crippen molar-refractivity contribution in [1.82, 2.24) is 19.5 Å². The van der Waals surface area contributed by atoms with E-state index in [0.29, 0.717) is 11.2 Å². The van der Waals surface area contributed by atoms with E-state index >= 15 is 0 Å². The molecule has 1 saturated heterocycles. The number of anilines is 1. The first kappa shape index (κ1) is 19.7. The van der Waals surface area contributed by atoms with Gasteiger partial charge in [0, 0.05) is 0 Å². The number of aliphatic hydroxyl groups is 2. The Labute approximate surface area is 165 Å². The fourth-order valence-corrected chi connectivity index (χ4v) is 4.17. The van der Waals surface area contributed by atoms with Crippen molar-refractivity contribution in [3.8, 4) is 0 Å². The molecule has 4 atom stereocenters. The fourth-order valence-electron chi connectivity index (χ4n) is 3.15. The second-order valence-electron chi connectivity index (χ2n) is 6.68. The Morgan fingerprint density at radius 3 is 2.79 bits per heavy atom. The molecule has 2 aromatic heterocycles. The number of nitrogens with zero attached hydrogens (tertiary/aromatic N) is 4.